The van der Waals surface area contributed by atoms with Gasteiger partial charge < -0.3 is 9.15 Å². The van der Waals surface area contributed by atoms with Crippen LogP contribution < -0.4 is 4.74 Å². The van der Waals surface area contributed by atoms with Crippen LogP contribution in [0.3, 0.4) is 0 Å². The van der Waals surface area contributed by atoms with Crippen molar-refractivity contribution in [2.75, 3.05) is 7.11 Å². The molecule has 3 heteroatoms. The maximum Gasteiger partial charge on any atom is 0.190 e. The lowest BCUT2D eigenvalue weighted by molar-refractivity contribution is 0.104. The summed E-state index contributed by atoms with van der Waals surface area (Å²) < 4.78 is 10.3. The molecule has 3 rings (SSSR count). The smallest absolute Gasteiger partial charge is 0.190 e. The maximum absolute atomic E-state index is 12.5. The largest absolute Gasteiger partial charge is 0.496 e. The summed E-state index contributed by atoms with van der Waals surface area (Å²) >= 11 is 0. The molecular weight excluding hydrogens is 264 g/mol. The van der Waals surface area contributed by atoms with E-state index in [-0.39, 0.29) is 5.78 Å². The topological polar surface area (TPSA) is 39.4 Å². The fourth-order valence-corrected chi connectivity index (χ4v) is 2.30. The summed E-state index contributed by atoms with van der Waals surface area (Å²) in [7, 11) is 1.57. The Morgan fingerprint density at radius 1 is 1.14 bits per heavy atom. The van der Waals surface area contributed by atoms with Crippen molar-refractivity contribution in [1.82, 2.24) is 0 Å². The van der Waals surface area contributed by atoms with E-state index >= 15 is 0 Å². The van der Waals surface area contributed by atoms with Gasteiger partial charge in [-0.3, -0.25) is 4.79 Å². The molecule has 0 amide bonds. The molecule has 0 saturated carbocycles. The fraction of sp³-hybridized carbons (Fsp3) is 0.0556. The van der Waals surface area contributed by atoms with Crippen molar-refractivity contribution in [2.45, 2.75) is 0 Å². The average Bonchev–Trinajstić information content (AvgIpc) is 3.04. The second kappa shape index (κ2) is 5.67. The predicted molar refractivity (Wildman–Crippen MR) is 82.6 cm³/mol. The maximum atomic E-state index is 12.5. The lowest BCUT2D eigenvalue weighted by atomic mass is 9.99. The van der Waals surface area contributed by atoms with E-state index in [1.165, 1.54) is 6.08 Å². The summed E-state index contributed by atoms with van der Waals surface area (Å²) in [5.41, 5.74) is 1.43. The number of benzene rings is 2. The van der Waals surface area contributed by atoms with Crippen LogP contribution >= 0.6 is 0 Å². The van der Waals surface area contributed by atoms with Gasteiger partial charge in [0.2, 0.25) is 0 Å². The van der Waals surface area contributed by atoms with Crippen LogP contribution in [0.25, 0.3) is 16.8 Å². The molecule has 0 spiro atoms. The summed E-state index contributed by atoms with van der Waals surface area (Å²) in [6.45, 7) is 0. The summed E-state index contributed by atoms with van der Waals surface area (Å²) in [6.07, 6.45) is 6.43. The van der Waals surface area contributed by atoms with Crippen LogP contribution in [-0.4, -0.2) is 12.9 Å². The van der Waals surface area contributed by atoms with E-state index in [1.54, 1.807) is 31.8 Å². The first-order valence-electron chi connectivity index (χ1n) is 6.60. The number of ether oxygens (including phenoxy) is 1. The molecule has 0 atom stereocenters. The van der Waals surface area contributed by atoms with Gasteiger partial charge in [-0.2, -0.15) is 0 Å². The van der Waals surface area contributed by atoms with Gasteiger partial charge in [-0.25, -0.2) is 0 Å². The van der Waals surface area contributed by atoms with Crippen LogP contribution in [0.15, 0.2) is 65.5 Å². The van der Waals surface area contributed by atoms with Crippen LogP contribution in [0.5, 0.6) is 5.75 Å². The minimum atomic E-state index is -0.0927. The highest BCUT2D eigenvalue weighted by Crippen LogP contribution is 2.28. The minimum Gasteiger partial charge on any atom is -0.496 e. The van der Waals surface area contributed by atoms with E-state index in [0.29, 0.717) is 11.3 Å². The van der Waals surface area contributed by atoms with Crippen LogP contribution in [0.4, 0.5) is 0 Å². The van der Waals surface area contributed by atoms with Gasteiger partial charge in [0.15, 0.2) is 5.78 Å². The predicted octanol–water partition coefficient (Wildman–Crippen LogP) is 4.34. The zero-order valence-corrected chi connectivity index (χ0v) is 11.6. The lowest BCUT2D eigenvalue weighted by Gasteiger charge is -2.09. The van der Waals surface area contributed by atoms with Crippen LogP contribution in [0.2, 0.25) is 0 Å². The molecule has 0 N–H and O–H groups in total. The number of methoxy groups -OCH3 is 1. The average molecular weight is 278 g/mol. The van der Waals surface area contributed by atoms with Gasteiger partial charge in [-0.15, -0.1) is 0 Å². The van der Waals surface area contributed by atoms with Gasteiger partial charge in [0.05, 0.1) is 25.2 Å². The third-order valence-electron chi connectivity index (χ3n) is 3.33. The molecule has 104 valence electrons. The molecule has 0 radical (unpaired) electrons. The number of carbonyl (C=O) groups excluding carboxylic acids is 1. The highest BCUT2D eigenvalue weighted by atomic mass is 16.5. The van der Waals surface area contributed by atoms with Gasteiger partial charge in [0.25, 0.3) is 0 Å². The Labute approximate surface area is 122 Å². The molecule has 3 aromatic rings. The highest BCUT2D eigenvalue weighted by molar-refractivity contribution is 6.16. The zero-order chi connectivity index (χ0) is 14.7. The van der Waals surface area contributed by atoms with Gasteiger partial charge in [-0.1, -0.05) is 30.3 Å². The first kappa shape index (κ1) is 13.2. The van der Waals surface area contributed by atoms with Crippen LogP contribution in [0, 0.1) is 0 Å². The summed E-state index contributed by atoms with van der Waals surface area (Å²) in [5.74, 6) is 0.486. The van der Waals surface area contributed by atoms with Crippen molar-refractivity contribution in [3.63, 3.8) is 0 Å². The molecule has 1 aromatic heterocycles. The first-order chi connectivity index (χ1) is 10.3. The highest BCUT2D eigenvalue weighted by Gasteiger charge is 2.13. The van der Waals surface area contributed by atoms with Crippen molar-refractivity contribution < 1.29 is 13.9 Å². The Morgan fingerprint density at radius 3 is 2.76 bits per heavy atom. The number of allylic oxidation sites excluding steroid dienone is 1. The molecule has 21 heavy (non-hydrogen) atoms. The Hall–Kier alpha value is -2.81. The lowest BCUT2D eigenvalue weighted by Crippen LogP contribution is -2.00. The van der Waals surface area contributed by atoms with Crippen LogP contribution in [-0.2, 0) is 0 Å². The number of fused-ring (bicyclic) bond motifs is 1. The molecule has 0 aliphatic carbocycles. The molecule has 0 fully saturated rings. The Morgan fingerprint density at radius 2 is 2.00 bits per heavy atom. The second-order valence-corrected chi connectivity index (χ2v) is 4.62. The molecular formula is C18H14O3. The third kappa shape index (κ3) is 2.58. The number of carbonyl (C=O) groups is 1. The Balaban J connectivity index is 2.07. The van der Waals surface area contributed by atoms with Gasteiger partial charge in [0.1, 0.15) is 5.75 Å². The molecule has 0 unspecified atom stereocenters. The van der Waals surface area contributed by atoms with E-state index in [1.807, 2.05) is 36.4 Å². The first-order valence-corrected chi connectivity index (χ1v) is 6.60. The quantitative estimate of drug-likeness (QED) is 0.526. The van der Waals surface area contributed by atoms with Crippen molar-refractivity contribution in [2.24, 2.45) is 0 Å². The summed E-state index contributed by atoms with van der Waals surface area (Å²) in [6, 6.07) is 13.3. The van der Waals surface area contributed by atoms with E-state index in [4.69, 9.17) is 9.15 Å². The number of ketones is 1. The van der Waals surface area contributed by atoms with Crippen molar-refractivity contribution in [3.05, 3.63) is 72.2 Å². The molecule has 0 saturated heterocycles. The number of furan rings is 1. The minimum absolute atomic E-state index is 0.0927. The second-order valence-electron chi connectivity index (χ2n) is 4.62. The Bertz CT molecular complexity index is 798. The van der Waals surface area contributed by atoms with Crippen LogP contribution in [0.1, 0.15) is 15.9 Å². The van der Waals surface area contributed by atoms with E-state index in [2.05, 4.69) is 0 Å². The van der Waals surface area contributed by atoms with Gasteiger partial charge in [0, 0.05) is 5.56 Å². The van der Waals surface area contributed by atoms with Crippen molar-refractivity contribution in [1.29, 1.82) is 0 Å². The molecule has 3 nitrogen and oxygen atoms in total. The third-order valence-corrected chi connectivity index (χ3v) is 3.33. The number of hydrogen-bond donors (Lipinski definition) is 0. The zero-order valence-electron chi connectivity index (χ0n) is 11.6. The molecule has 2 aromatic carbocycles. The monoisotopic (exact) mass is 278 g/mol. The SMILES string of the molecule is COc1ccc2ccccc2c1C(=O)/C=C\c1ccoc1. The molecule has 0 bridgehead atoms. The fourth-order valence-electron chi connectivity index (χ4n) is 2.30. The number of hydrogen-bond acceptors (Lipinski definition) is 3. The number of rotatable bonds is 4. The molecule has 0 aliphatic rings. The normalized spacial score (nSPS) is 11.1. The van der Waals surface area contributed by atoms with E-state index < -0.39 is 0 Å². The van der Waals surface area contributed by atoms with E-state index in [9.17, 15) is 4.79 Å². The summed E-state index contributed by atoms with van der Waals surface area (Å²) in [5, 5.41) is 1.90. The van der Waals surface area contributed by atoms with Crippen molar-refractivity contribution >= 4 is 22.6 Å². The summed E-state index contributed by atoms with van der Waals surface area (Å²) in [4.78, 5) is 12.5. The van der Waals surface area contributed by atoms with Gasteiger partial charge in [-0.05, 0) is 35.1 Å². The van der Waals surface area contributed by atoms with E-state index in [0.717, 1.165) is 16.3 Å². The molecule has 0 aliphatic heterocycles. The molecule has 1 heterocycles. The van der Waals surface area contributed by atoms with Gasteiger partial charge >= 0.3 is 0 Å². The van der Waals surface area contributed by atoms with Crippen molar-refractivity contribution in [3.8, 4) is 5.75 Å². The Kier molecular flexibility index (Phi) is 3.56. The standard InChI is InChI=1S/C18H14O3/c1-20-17-9-7-14-4-2-3-5-15(14)18(17)16(19)8-6-13-10-11-21-12-13/h2-12H,1H3/b8-6-.